The van der Waals surface area contributed by atoms with Gasteiger partial charge < -0.3 is 19.5 Å². The molecule has 10 heteroatoms. The number of aromatic amines is 1. The number of imidazole rings is 1. The molecule has 0 spiro atoms. The number of H-pyrrole nitrogens is 1. The van der Waals surface area contributed by atoms with E-state index in [2.05, 4.69) is 25.4 Å². The molecule has 2 N–H and O–H groups in total. The predicted molar refractivity (Wildman–Crippen MR) is 123 cm³/mol. The van der Waals surface area contributed by atoms with Crippen LogP contribution in [-0.4, -0.2) is 31.3 Å². The molecule has 0 atom stereocenters. The van der Waals surface area contributed by atoms with Gasteiger partial charge in [-0.2, -0.15) is 13.9 Å². The SMILES string of the molecule is Cn1cc(-c2ccc(CNc3ccnc4[nH]c(CCc5ccco5)nc34)c(OC(F)F)c2)cn1. The van der Waals surface area contributed by atoms with Crippen molar-refractivity contribution in [1.29, 1.82) is 0 Å². The van der Waals surface area contributed by atoms with Crippen LogP contribution in [0.4, 0.5) is 14.5 Å². The molecule has 4 heterocycles. The van der Waals surface area contributed by atoms with Gasteiger partial charge >= 0.3 is 6.61 Å². The Kier molecular flexibility index (Phi) is 5.94. The third-order valence-corrected chi connectivity index (χ3v) is 5.41. The molecule has 0 bridgehead atoms. The van der Waals surface area contributed by atoms with Gasteiger partial charge in [0.1, 0.15) is 22.9 Å². The summed E-state index contributed by atoms with van der Waals surface area (Å²) in [5.41, 5.74) is 4.22. The minimum absolute atomic E-state index is 0.107. The fourth-order valence-electron chi connectivity index (χ4n) is 3.76. The van der Waals surface area contributed by atoms with Crippen LogP contribution in [0.2, 0.25) is 0 Å². The number of pyridine rings is 1. The summed E-state index contributed by atoms with van der Waals surface area (Å²) in [5, 5.41) is 7.42. The normalized spacial score (nSPS) is 11.4. The number of hydrogen-bond donors (Lipinski definition) is 2. The third kappa shape index (κ3) is 4.75. The Labute approximate surface area is 193 Å². The number of furan rings is 1. The summed E-state index contributed by atoms with van der Waals surface area (Å²) >= 11 is 0. The lowest BCUT2D eigenvalue weighted by atomic mass is 10.1. The summed E-state index contributed by atoms with van der Waals surface area (Å²) in [4.78, 5) is 12.2. The van der Waals surface area contributed by atoms with Crippen molar-refractivity contribution >= 4 is 16.9 Å². The number of rotatable bonds is 9. The zero-order valence-electron chi connectivity index (χ0n) is 18.3. The van der Waals surface area contributed by atoms with Gasteiger partial charge in [0, 0.05) is 50.0 Å². The highest BCUT2D eigenvalue weighted by atomic mass is 19.3. The average Bonchev–Trinajstić information content (AvgIpc) is 3.57. The molecular formula is C24H22F2N6O2. The van der Waals surface area contributed by atoms with Crippen molar-refractivity contribution in [1.82, 2.24) is 24.7 Å². The van der Waals surface area contributed by atoms with Crippen molar-refractivity contribution < 1.29 is 17.9 Å². The largest absolute Gasteiger partial charge is 0.469 e. The summed E-state index contributed by atoms with van der Waals surface area (Å²) in [6.07, 6.45) is 8.19. The highest BCUT2D eigenvalue weighted by Gasteiger charge is 2.14. The molecule has 0 saturated heterocycles. The van der Waals surface area contributed by atoms with Crippen LogP contribution in [0.25, 0.3) is 22.3 Å². The van der Waals surface area contributed by atoms with Gasteiger partial charge in [-0.25, -0.2) is 9.97 Å². The second kappa shape index (κ2) is 9.34. The lowest BCUT2D eigenvalue weighted by Crippen LogP contribution is -2.08. The van der Waals surface area contributed by atoms with Crippen molar-refractivity contribution in [3.63, 3.8) is 0 Å². The molecule has 8 nitrogen and oxygen atoms in total. The second-order valence-corrected chi connectivity index (χ2v) is 7.78. The van der Waals surface area contributed by atoms with Crippen LogP contribution in [0.3, 0.4) is 0 Å². The molecule has 1 aromatic carbocycles. The Balaban J connectivity index is 1.35. The summed E-state index contributed by atoms with van der Waals surface area (Å²) in [6, 6.07) is 10.8. The number of nitrogens with one attached hydrogen (secondary N) is 2. The fraction of sp³-hybridized carbons (Fsp3) is 0.208. The molecule has 0 aliphatic rings. The van der Waals surface area contributed by atoms with E-state index in [0.29, 0.717) is 29.6 Å². The van der Waals surface area contributed by atoms with Gasteiger partial charge in [0.2, 0.25) is 0 Å². The molecule has 0 amide bonds. The summed E-state index contributed by atoms with van der Waals surface area (Å²) in [5.74, 6) is 1.78. The topological polar surface area (TPSA) is 93.8 Å². The smallest absolute Gasteiger partial charge is 0.387 e. The van der Waals surface area contributed by atoms with Crippen LogP contribution in [0.1, 0.15) is 17.1 Å². The van der Waals surface area contributed by atoms with E-state index in [0.717, 1.165) is 28.4 Å². The van der Waals surface area contributed by atoms with Gasteiger partial charge in [-0.05, 0) is 29.8 Å². The van der Waals surface area contributed by atoms with Gasteiger partial charge in [-0.1, -0.05) is 12.1 Å². The van der Waals surface area contributed by atoms with Crippen molar-refractivity contribution in [3.05, 3.63) is 78.4 Å². The van der Waals surface area contributed by atoms with Crippen LogP contribution in [0.15, 0.2) is 65.7 Å². The number of fused-ring (bicyclic) bond motifs is 1. The number of hydrogen-bond acceptors (Lipinski definition) is 6. The van der Waals surface area contributed by atoms with Crippen LogP contribution in [0, 0.1) is 0 Å². The van der Waals surface area contributed by atoms with Crippen molar-refractivity contribution in [3.8, 4) is 16.9 Å². The first-order valence-electron chi connectivity index (χ1n) is 10.7. The quantitative estimate of drug-likeness (QED) is 0.321. The first-order chi connectivity index (χ1) is 16.5. The van der Waals surface area contributed by atoms with Gasteiger partial charge in [0.05, 0.1) is 18.1 Å². The monoisotopic (exact) mass is 464 g/mol. The summed E-state index contributed by atoms with van der Waals surface area (Å²) in [6.45, 7) is -2.66. The van der Waals surface area contributed by atoms with E-state index < -0.39 is 6.61 Å². The van der Waals surface area contributed by atoms with E-state index in [1.165, 1.54) is 0 Å². The Hall–Kier alpha value is -4.21. The first-order valence-corrected chi connectivity index (χ1v) is 10.7. The first kappa shape index (κ1) is 21.6. The van der Waals surface area contributed by atoms with Crippen LogP contribution in [0.5, 0.6) is 5.75 Å². The van der Waals surface area contributed by atoms with E-state index in [-0.39, 0.29) is 12.3 Å². The standard InChI is InChI=1S/C24H22F2N6O2/c1-32-14-17(13-29-32)15-4-5-16(20(11-15)34-24(25)26)12-28-19-8-9-27-23-22(19)30-21(31-23)7-6-18-3-2-10-33-18/h2-5,8-11,13-14,24H,6-7,12H2,1H3,(H2,27,28,30,31). The highest BCUT2D eigenvalue weighted by Crippen LogP contribution is 2.30. The average molecular weight is 464 g/mol. The molecule has 4 aromatic heterocycles. The minimum Gasteiger partial charge on any atom is -0.469 e. The number of halogens is 2. The molecule has 0 aliphatic carbocycles. The molecule has 0 radical (unpaired) electrons. The van der Waals surface area contributed by atoms with Crippen LogP contribution >= 0.6 is 0 Å². The number of ether oxygens (including phenoxy) is 1. The Bertz CT molecular complexity index is 1390. The van der Waals surface area contributed by atoms with E-state index in [9.17, 15) is 8.78 Å². The number of aromatic nitrogens is 5. The molecule has 5 rings (SSSR count). The second-order valence-electron chi connectivity index (χ2n) is 7.78. The molecule has 0 aliphatic heterocycles. The van der Waals surface area contributed by atoms with Gasteiger partial charge in [-0.15, -0.1) is 0 Å². The van der Waals surface area contributed by atoms with E-state index >= 15 is 0 Å². The predicted octanol–water partition coefficient (Wildman–Crippen LogP) is 4.95. The molecule has 0 saturated carbocycles. The molecule has 0 fully saturated rings. The number of alkyl halides is 2. The Morgan fingerprint density at radius 2 is 2.09 bits per heavy atom. The molecular weight excluding hydrogens is 442 g/mol. The maximum absolute atomic E-state index is 13.1. The summed E-state index contributed by atoms with van der Waals surface area (Å²) in [7, 11) is 1.80. The highest BCUT2D eigenvalue weighted by molar-refractivity contribution is 5.85. The van der Waals surface area contributed by atoms with Crippen molar-refractivity contribution in [2.75, 3.05) is 5.32 Å². The van der Waals surface area contributed by atoms with Crippen molar-refractivity contribution in [2.45, 2.75) is 26.0 Å². The van der Waals surface area contributed by atoms with E-state index in [1.54, 1.807) is 48.6 Å². The molecule has 0 unspecified atom stereocenters. The number of nitrogens with zero attached hydrogens (tertiary/aromatic N) is 4. The lowest BCUT2D eigenvalue weighted by molar-refractivity contribution is -0.0503. The number of benzene rings is 1. The third-order valence-electron chi connectivity index (χ3n) is 5.41. The van der Waals surface area contributed by atoms with E-state index in [1.807, 2.05) is 24.4 Å². The fourth-order valence-corrected chi connectivity index (χ4v) is 3.76. The van der Waals surface area contributed by atoms with Gasteiger partial charge in [0.25, 0.3) is 0 Å². The van der Waals surface area contributed by atoms with Crippen LogP contribution < -0.4 is 10.1 Å². The van der Waals surface area contributed by atoms with Crippen LogP contribution in [-0.2, 0) is 26.4 Å². The minimum atomic E-state index is -2.93. The maximum Gasteiger partial charge on any atom is 0.387 e. The Morgan fingerprint density at radius 3 is 2.85 bits per heavy atom. The Morgan fingerprint density at radius 1 is 1.18 bits per heavy atom. The number of anilines is 1. The summed E-state index contributed by atoms with van der Waals surface area (Å²) < 4.78 is 38.0. The zero-order chi connectivity index (χ0) is 23.5. The molecule has 174 valence electrons. The van der Waals surface area contributed by atoms with Crippen molar-refractivity contribution in [2.24, 2.45) is 7.05 Å². The lowest BCUT2D eigenvalue weighted by Gasteiger charge is -2.14. The van der Waals surface area contributed by atoms with Gasteiger partial charge in [0.15, 0.2) is 5.65 Å². The molecule has 34 heavy (non-hydrogen) atoms. The maximum atomic E-state index is 13.1. The van der Waals surface area contributed by atoms with E-state index in [4.69, 9.17) is 9.15 Å². The number of aryl methyl sites for hydroxylation is 3. The van der Waals surface area contributed by atoms with Gasteiger partial charge in [-0.3, -0.25) is 4.68 Å². The zero-order valence-corrected chi connectivity index (χ0v) is 18.3. The molecule has 5 aromatic rings.